The Bertz CT molecular complexity index is 1510. The lowest BCUT2D eigenvalue weighted by molar-refractivity contribution is 0.0378. The van der Waals surface area contributed by atoms with E-state index in [0.29, 0.717) is 25.4 Å². The lowest BCUT2D eigenvalue weighted by Gasteiger charge is -2.35. The van der Waals surface area contributed by atoms with Gasteiger partial charge in [0.25, 0.3) is 5.56 Å². The Labute approximate surface area is 224 Å². The molecule has 2 aromatic carbocycles. The van der Waals surface area contributed by atoms with E-state index in [0.717, 1.165) is 11.4 Å². The van der Waals surface area contributed by atoms with E-state index in [1.54, 1.807) is 29.7 Å². The first-order valence-corrected chi connectivity index (χ1v) is 14.0. The molecule has 37 heavy (non-hydrogen) atoms. The monoisotopic (exact) mass is 528 g/mol. The Kier molecular flexibility index (Phi) is 6.71. The summed E-state index contributed by atoms with van der Waals surface area (Å²) in [6.45, 7) is 6.17. The highest BCUT2D eigenvalue weighted by Gasteiger charge is 2.29. The summed E-state index contributed by atoms with van der Waals surface area (Å²) in [5.74, 6) is 0. The number of pyridine rings is 2. The van der Waals surface area contributed by atoms with Crippen molar-refractivity contribution in [2.45, 2.75) is 45.6 Å². The number of H-pyrrole nitrogens is 1. The Hall–Kier alpha value is -3.20. The number of hydrogen-bond acceptors (Lipinski definition) is 7. The number of fused-ring (bicyclic) bond motifs is 2. The molecule has 2 aliphatic heterocycles. The van der Waals surface area contributed by atoms with Crippen LogP contribution in [0.3, 0.4) is 0 Å². The van der Waals surface area contributed by atoms with E-state index < -0.39 is 0 Å². The van der Waals surface area contributed by atoms with Gasteiger partial charge >= 0.3 is 0 Å². The summed E-state index contributed by atoms with van der Waals surface area (Å²) in [6, 6.07) is 21.0. The van der Waals surface area contributed by atoms with Gasteiger partial charge in [0.15, 0.2) is 0 Å². The molecule has 0 spiro atoms. The lowest BCUT2D eigenvalue weighted by atomic mass is 10.1. The van der Waals surface area contributed by atoms with Crippen molar-refractivity contribution in [2.75, 3.05) is 29.9 Å². The molecule has 0 amide bonds. The Balaban J connectivity index is 1.22. The topological polar surface area (TPSA) is 70.2 Å². The molecule has 0 saturated carbocycles. The number of nitrogens with zero attached hydrogens (tertiary/aromatic N) is 2. The second-order valence-corrected chi connectivity index (χ2v) is 11.5. The van der Waals surface area contributed by atoms with Gasteiger partial charge in [-0.25, -0.2) is 0 Å². The summed E-state index contributed by atoms with van der Waals surface area (Å²) in [7, 11) is 0. The number of anilines is 2. The van der Waals surface area contributed by atoms with Crippen molar-refractivity contribution >= 4 is 34.9 Å². The van der Waals surface area contributed by atoms with E-state index in [-0.39, 0.29) is 17.7 Å². The molecule has 2 aromatic heterocycles. The number of rotatable bonds is 5. The molecule has 4 aromatic rings. The molecule has 1 fully saturated rings. The maximum Gasteiger partial charge on any atom is 0.271 e. The molecule has 2 atom stereocenters. The fraction of sp³-hybridized carbons (Fsp3) is 0.241. The van der Waals surface area contributed by atoms with E-state index in [1.807, 2.05) is 24.4 Å². The minimum Gasteiger partial charge on any atom is -0.377 e. The van der Waals surface area contributed by atoms with E-state index in [4.69, 9.17) is 4.74 Å². The normalized spacial score (nSPS) is 17.6. The summed E-state index contributed by atoms with van der Waals surface area (Å²) in [5.41, 5.74) is 5.15. The van der Waals surface area contributed by atoms with Crippen LogP contribution >= 0.6 is 23.5 Å². The summed E-state index contributed by atoms with van der Waals surface area (Å²) in [4.78, 5) is 26.8. The third-order valence-electron chi connectivity index (χ3n) is 6.70. The number of aryl methyl sites for hydroxylation is 1. The maximum absolute atomic E-state index is 12.4. The zero-order valence-corrected chi connectivity index (χ0v) is 22.4. The predicted octanol–water partition coefficient (Wildman–Crippen LogP) is 6.45. The SMILES string of the molecule is Cc1ccnc(C(C)Nc2ccc3c(c2)Sc2cccc(C4CN(c5ccc[nH]c5=O)CCO4)c2S3)c1. The van der Waals surface area contributed by atoms with Gasteiger partial charge < -0.3 is 19.9 Å². The molecule has 0 bridgehead atoms. The third kappa shape index (κ3) is 5.01. The molecule has 6 nitrogen and oxygen atoms in total. The smallest absolute Gasteiger partial charge is 0.271 e. The molecule has 6 rings (SSSR count). The van der Waals surface area contributed by atoms with Crippen molar-refractivity contribution in [3.8, 4) is 0 Å². The summed E-state index contributed by atoms with van der Waals surface area (Å²) >= 11 is 3.60. The first kappa shape index (κ1) is 24.2. The van der Waals surface area contributed by atoms with Crippen molar-refractivity contribution in [2.24, 2.45) is 0 Å². The summed E-state index contributed by atoms with van der Waals surface area (Å²) in [6.07, 6.45) is 3.44. The van der Waals surface area contributed by atoms with Gasteiger partial charge in [0.05, 0.1) is 18.3 Å². The first-order valence-electron chi connectivity index (χ1n) is 12.4. The molecule has 1 saturated heterocycles. The van der Waals surface area contributed by atoms with Crippen LogP contribution in [0.4, 0.5) is 11.4 Å². The first-order chi connectivity index (χ1) is 18.0. The molecular weight excluding hydrogens is 500 g/mol. The molecule has 2 N–H and O–H groups in total. The number of aromatic amines is 1. The number of benzene rings is 2. The van der Waals surface area contributed by atoms with E-state index in [2.05, 4.69) is 76.5 Å². The van der Waals surface area contributed by atoms with Crippen LogP contribution in [-0.4, -0.2) is 29.7 Å². The molecule has 188 valence electrons. The van der Waals surface area contributed by atoms with Crippen LogP contribution in [0.2, 0.25) is 0 Å². The van der Waals surface area contributed by atoms with Crippen molar-refractivity contribution < 1.29 is 4.74 Å². The Morgan fingerprint density at radius 1 is 1.08 bits per heavy atom. The van der Waals surface area contributed by atoms with Crippen LogP contribution in [0.25, 0.3) is 0 Å². The molecule has 8 heteroatoms. The molecule has 0 aliphatic carbocycles. The largest absolute Gasteiger partial charge is 0.377 e. The van der Waals surface area contributed by atoms with Crippen LogP contribution in [0.15, 0.2) is 97.4 Å². The minimum atomic E-state index is -0.0958. The minimum absolute atomic E-state index is 0.0611. The number of nitrogens with one attached hydrogen (secondary N) is 2. The van der Waals surface area contributed by atoms with Crippen LogP contribution in [0, 0.1) is 6.92 Å². The van der Waals surface area contributed by atoms with E-state index in [1.165, 1.54) is 30.7 Å². The molecule has 2 unspecified atom stereocenters. The van der Waals surface area contributed by atoms with Gasteiger partial charge in [-0.1, -0.05) is 35.7 Å². The highest BCUT2D eigenvalue weighted by Crippen LogP contribution is 2.52. The highest BCUT2D eigenvalue weighted by atomic mass is 32.2. The molecule has 4 heterocycles. The van der Waals surface area contributed by atoms with Crippen molar-refractivity contribution in [3.63, 3.8) is 0 Å². The second-order valence-electron chi connectivity index (χ2n) is 9.35. The zero-order valence-electron chi connectivity index (χ0n) is 20.7. The summed E-state index contributed by atoms with van der Waals surface area (Å²) in [5, 5.41) is 3.61. The van der Waals surface area contributed by atoms with Crippen molar-refractivity contribution in [1.82, 2.24) is 9.97 Å². The zero-order chi connectivity index (χ0) is 25.4. The number of aromatic nitrogens is 2. The van der Waals surface area contributed by atoms with Crippen LogP contribution in [-0.2, 0) is 4.74 Å². The maximum atomic E-state index is 12.4. The van der Waals surface area contributed by atoms with Gasteiger partial charge in [-0.2, -0.15) is 0 Å². The average molecular weight is 529 g/mol. The van der Waals surface area contributed by atoms with Gasteiger partial charge in [0, 0.05) is 50.8 Å². The van der Waals surface area contributed by atoms with Gasteiger partial charge in [-0.15, -0.1) is 0 Å². The average Bonchev–Trinajstić information content (AvgIpc) is 2.92. The predicted molar refractivity (Wildman–Crippen MR) is 150 cm³/mol. The lowest BCUT2D eigenvalue weighted by Crippen LogP contribution is -2.41. The molecule has 2 aliphatic rings. The molecular formula is C29H28N4O2S2. The van der Waals surface area contributed by atoms with Gasteiger partial charge in [-0.05, 0) is 73.5 Å². The highest BCUT2D eigenvalue weighted by molar-refractivity contribution is 8.05. The standard InChI is InChI=1S/C29H28N4O2S2/c1-18-10-12-30-22(15-18)19(2)32-20-8-9-25-27(16-20)36-26-7-3-5-21(28(26)37-25)24-17-33(13-14-35-24)23-6-4-11-31-29(23)34/h3-12,15-16,19,24,32H,13-14,17H2,1-2H3,(H,31,34). The van der Waals surface area contributed by atoms with Crippen LogP contribution < -0.4 is 15.8 Å². The van der Waals surface area contributed by atoms with Crippen molar-refractivity contribution in [3.05, 3.63) is 100 Å². The second kappa shape index (κ2) is 10.3. The van der Waals surface area contributed by atoms with Crippen LogP contribution in [0.1, 0.15) is 35.9 Å². The summed E-state index contributed by atoms with van der Waals surface area (Å²) < 4.78 is 6.23. The molecule has 0 radical (unpaired) electrons. The fourth-order valence-corrected chi connectivity index (χ4v) is 7.25. The van der Waals surface area contributed by atoms with E-state index in [9.17, 15) is 4.79 Å². The van der Waals surface area contributed by atoms with Gasteiger partial charge in [0.2, 0.25) is 0 Å². The Morgan fingerprint density at radius 2 is 2.00 bits per heavy atom. The quantitative estimate of drug-likeness (QED) is 0.272. The van der Waals surface area contributed by atoms with Crippen LogP contribution in [0.5, 0.6) is 0 Å². The number of morpholine rings is 1. The third-order valence-corrected chi connectivity index (χ3v) is 9.31. The number of ether oxygens (including phenoxy) is 1. The fourth-order valence-electron chi connectivity index (χ4n) is 4.80. The number of hydrogen-bond donors (Lipinski definition) is 2. The van der Waals surface area contributed by atoms with Gasteiger partial charge in [0.1, 0.15) is 11.8 Å². The Morgan fingerprint density at radius 3 is 2.86 bits per heavy atom. The van der Waals surface area contributed by atoms with Gasteiger partial charge in [-0.3, -0.25) is 9.78 Å². The van der Waals surface area contributed by atoms with Crippen molar-refractivity contribution in [1.29, 1.82) is 0 Å². The van der Waals surface area contributed by atoms with E-state index >= 15 is 0 Å².